The first kappa shape index (κ1) is 24.8. The zero-order chi connectivity index (χ0) is 23.5. The zero-order valence-electron chi connectivity index (χ0n) is 22.5. The fourth-order valence-corrected chi connectivity index (χ4v) is 7.25. The molecule has 1 unspecified atom stereocenters. The van der Waals surface area contributed by atoms with E-state index in [2.05, 4.69) is 65.8 Å². The fourth-order valence-electron chi connectivity index (χ4n) is 7.25. The van der Waals surface area contributed by atoms with E-state index in [4.69, 9.17) is 0 Å². The van der Waals surface area contributed by atoms with Crippen molar-refractivity contribution in [1.29, 1.82) is 0 Å². The van der Waals surface area contributed by atoms with Crippen LogP contribution < -0.4 is 0 Å². The molecule has 0 aliphatic heterocycles. The molecule has 0 nitrogen and oxygen atoms in total. The van der Waals surface area contributed by atoms with Crippen molar-refractivity contribution in [3.63, 3.8) is 0 Å². The predicted molar refractivity (Wildman–Crippen MR) is 144 cm³/mol. The van der Waals surface area contributed by atoms with E-state index in [1.165, 1.54) is 70.6 Å². The number of hydrogen-bond donors (Lipinski definition) is 0. The number of allylic oxidation sites excluding steroid dienone is 4. The van der Waals surface area contributed by atoms with Gasteiger partial charge in [0.2, 0.25) is 0 Å². The van der Waals surface area contributed by atoms with Crippen LogP contribution in [0.2, 0.25) is 0 Å². The molecule has 0 N–H and O–H groups in total. The lowest BCUT2D eigenvalue weighted by molar-refractivity contribution is 0.370. The molecule has 1 radical (unpaired) electrons. The van der Waals surface area contributed by atoms with Crippen LogP contribution in [0.3, 0.4) is 0 Å². The third-order valence-corrected chi connectivity index (χ3v) is 8.84. The molecule has 33 heavy (non-hydrogen) atoms. The van der Waals surface area contributed by atoms with Crippen LogP contribution in [0.25, 0.3) is 0 Å². The van der Waals surface area contributed by atoms with Crippen LogP contribution in [-0.4, -0.2) is 0 Å². The van der Waals surface area contributed by atoms with Crippen molar-refractivity contribution in [3.8, 4) is 0 Å². The maximum Gasteiger partial charge on any atom is 0.0138 e. The summed E-state index contributed by atoms with van der Waals surface area (Å²) >= 11 is 0. The molecule has 3 aliphatic rings. The maximum absolute atomic E-state index is 4.29. The molecule has 1 atom stereocenters. The average molecular weight is 446 g/mol. The second-order valence-corrected chi connectivity index (χ2v) is 12.2. The van der Waals surface area contributed by atoms with Gasteiger partial charge in [-0.15, -0.1) is 0 Å². The standard InChI is InChI=1S/C33H49/c1-22(2)28-18-13-19-29(23(3)4)33(28)27-20-30(25-14-9-7-10-15-25)32(24(5)6)31(21-27)26-16-11-8-12-17-26/h13,18-19,22-27H,7-12,14-17,20H2,1-6H3. The van der Waals surface area contributed by atoms with Crippen molar-refractivity contribution in [3.05, 3.63) is 57.7 Å². The molecule has 0 saturated heterocycles. The molecule has 2 saturated carbocycles. The first-order valence-electron chi connectivity index (χ1n) is 14.4. The van der Waals surface area contributed by atoms with Crippen LogP contribution in [0.15, 0.2) is 34.9 Å². The average Bonchev–Trinajstić information content (AvgIpc) is 2.83. The van der Waals surface area contributed by atoms with E-state index in [0.717, 1.165) is 11.8 Å². The van der Waals surface area contributed by atoms with Gasteiger partial charge in [0.05, 0.1) is 0 Å². The highest BCUT2D eigenvalue weighted by Gasteiger charge is 2.35. The van der Waals surface area contributed by atoms with Crippen LogP contribution in [0.1, 0.15) is 147 Å². The Morgan fingerprint density at radius 2 is 1.18 bits per heavy atom. The van der Waals surface area contributed by atoms with Gasteiger partial charge < -0.3 is 0 Å². The third-order valence-electron chi connectivity index (χ3n) is 8.84. The molecule has 2 fully saturated rings. The molecule has 4 rings (SSSR count). The SMILES string of the molecule is CC(C)C1=C(C2CCCCC2)CC(c2c(C(C)C)cccc2C(C)C)[C]=C1C1CCCCC1. The summed E-state index contributed by atoms with van der Waals surface area (Å²) < 4.78 is 0. The van der Waals surface area contributed by atoms with Crippen molar-refractivity contribution >= 4 is 0 Å². The summed E-state index contributed by atoms with van der Waals surface area (Å²) in [6.45, 7) is 14.5. The Morgan fingerprint density at radius 3 is 1.67 bits per heavy atom. The summed E-state index contributed by atoms with van der Waals surface area (Å²) in [5.41, 5.74) is 10.0. The lowest BCUT2D eigenvalue weighted by Gasteiger charge is -2.39. The van der Waals surface area contributed by atoms with E-state index in [1.807, 2.05) is 5.57 Å². The summed E-state index contributed by atoms with van der Waals surface area (Å²) in [5, 5.41) is 0. The van der Waals surface area contributed by atoms with Crippen LogP contribution in [0.5, 0.6) is 0 Å². The highest BCUT2D eigenvalue weighted by Crippen LogP contribution is 2.50. The van der Waals surface area contributed by atoms with Gasteiger partial charge >= 0.3 is 0 Å². The molecule has 0 aromatic heterocycles. The second-order valence-electron chi connectivity index (χ2n) is 12.2. The van der Waals surface area contributed by atoms with E-state index in [1.54, 1.807) is 27.8 Å². The van der Waals surface area contributed by atoms with Crippen molar-refractivity contribution in [1.82, 2.24) is 0 Å². The molecule has 0 amide bonds. The molecule has 1 aromatic rings. The molecule has 0 heteroatoms. The maximum atomic E-state index is 4.29. The summed E-state index contributed by atoms with van der Waals surface area (Å²) in [6.07, 6.45) is 19.6. The van der Waals surface area contributed by atoms with Gasteiger partial charge in [-0.05, 0) is 95.6 Å². The smallest absolute Gasteiger partial charge is 0.0138 e. The Kier molecular flexibility index (Phi) is 8.24. The van der Waals surface area contributed by atoms with Gasteiger partial charge in [-0.1, -0.05) is 104 Å². The Balaban J connectivity index is 1.86. The van der Waals surface area contributed by atoms with E-state index in [9.17, 15) is 0 Å². The van der Waals surface area contributed by atoms with Crippen molar-refractivity contribution in [2.24, 2.45) is 17.8 Å². The molecule has 0 heterocycles. The Bertz CT molecular complexity index is 824. The van der Waals surface area contributed by atoms with E-state index in [0.29, 0.717) is 23.7 Å². The monoisotopic (exact) mass is 445 g/mol. The lowest BCUT2D eigenvalue weighted by atomic mass is 9.65. The van der Waals surface area contributed by atoms with Crippen LogP contribution in [-0.2, 0) is 0 Å². The first-order chi connectivity index (χ1) is 15.9. The molecular formula is C33H49. The lowest BCUT2D eigenvalue weighted by Crippen LogP contribution is -2.25. The van der Waals surface area contributed by atoms with Gasteiger partial charge in [0.25, 0.3) is 0 Å². The second kappa shape index (κ2) is 11.0. The van der Waals surface area contributed by atoms with Crippen LogP contribution >= 0.6 is 0 Å². The van der Waals surface area contributed by atoms with E-state index < -0.39 is 0 Å². The minimum atomic E-state index is 0.442. The predicted octanol–water partition coefficient (Wildman–Crippen LogP) is 10.3. The number of benzene rings is 1. The topological polar surface area (TPSA) is 0 Å². The van der Waals surface area contributed by atoms with Gasteiger partial charge in [-0.25, -0.2) is 0 Å². The fraction of sp³-hybridized carbons (Fsp3) is 0.697. The molecule has 3 aliphatic carbocycles. The van der Waals surface area contributed by atoms with E-state index in [-0.39, 0.29) is 0 Å². The molecule has 0 spiro atoms. The summed E-state index contributed by atoms with van der Waals surface area (Å²) in [7, 11) is 0. The Labute approximate surface area is 205 Å². The van der Waals surface area contributed by atoms with Gasteiger partial charge in [0.1, 0.15) is 0 Å². The highest BCUT2D eigenvalue weighted by atomic mass is 14.4. The molecule has 181 valence electrons. The third kappa shape index (κ3) is 5.36. The Hall–Kier alpha value is -1.30. The number of rotatable bonds is 6. The van der Waals surface area contributed by atoms with Gasteiger partial charge in [0, 0.05) is 5.92 Å². The number of hydrogen-bond acceptors (Lipinski definition) is 0. The van der Waals surface area contributed by atoms with Crippen molar-refractivity contribution < 1.29 is 0 Å². The highest BCUT2D eigenvalue weighted by molar-refractivity contribution is 5.49. The van der Waals surface area contributed by atoms with Crippen molar-refractivity contribution in [2.75, 3.05) is 0 Å². The Morgan fingerprint density at radius 1 is 0.667 bits per heavy atom. The van der Waals surface area contributed by atoms with Gasteiger partial charge in [-0.3, -0.25) is 0 Å². The van der Waals surface area contributed by atoms with E-state index >= 15 is 0 Å². The largest absolute Gasteiger partial charge is 0.0624 e. The summed E-state index contributed by atoms with van der Waals surface area (Å²) in [6, 6.07) is 7.13. The molecule has 0 bridgehead atoms. The summed E-state index contributed by atoms with van der Waals surface area (Å²) in [5.74, 6) is 3.74. The quantitative estimate of drug-likeness (QED) is 0.408. The minimum absolute atomic E-state index is 0.442. The van der Waals surface area contributed by atoms with Gasteiger partial charge in [-0.2, -0.15) is 0 Å². The normalized spacial score (nSPS) is 23.7. The minimum Gasteiger partial charge on any atom is -0.0624 e. The van der Waals surface area contributed by atoms with Crippen LogP contribution in [0.4, 0.5) is 0 Å². The first-order valence-corrected chi connectivity index (χ1v) is 14.4. The van der Waals surface area contributed by atoms with Crippen molar-refractivity contribution in [2.45, 2.75) is 130 Å². The summed E-state index contributed by atoms with van der Waals surface area (Å²) in [4.78, 5) is 0. The molecule has 1 aromatic carbocycles. The molecular weight excluding hydrogens is 396 g/mol. The van der Waals surface area contributed by atoms with Crippen LogP contribution in [0, 0.1) is 23.8 Å². The van der Waals surface area contributed by atoms with Gasteiger partial charge in [0.15, 0.2) is 0 Å². The zero-order valence-corrected chi connectivity index (χ0v) is 22.5.